The van der Waals surface area contributed by atoms with E-state index in [0.717, 1.165) is 25.2 Å². The molecule has 0 bridgehead atoms. The van der Waals surface area contributed by atoms with Gasteiger partial charge in [-0.3, -0.25) is 0 Å². The molecule has 0 saturated carbocycles. The number of rotatable bonds is 4. The van der Waals surface area contributed by atoms with E-state index in [4.69, 9.17) is 0 Å². The van der Waals surface area contributed by atoms with Gasteiger partial charge in [-0.05, 0) is 41.5 Å². The molecule has 2 unspecified atom stereocenters. The van der Waals surface area contributed by atoms with Crippen LogP contribution in [0.3, 0.4) is 0 Å². The largest absolute Gasteiger partial charge is 0.348 e. The van der Waals surface area contributed by atoms with Crippen LogP contribution < -0.4 is 5.32 Å². The van der Waals surface area contributed by atoms with Gasteiger partial charge in [0.25, 0.3) is 0 Å². The Kier molecular flexibility index (Phi) is 4.26. The Hall–Kier alpha value is -2.62. The fourth-order valence-electron chi connectivity index (χ4n) is 3.58. The minimum atomic E-state index is 0.209. The molecule has 4 heteroatoms. The van der Waals surface area contributed by atoms with Crippen molar-refractivity contribution in [1.29, 1.82) is 0 Å². The second-order valence-corrected chi connectivity index (χ2v) is 6.67. The van der Waals surface area contributed by atoms with E-state index in [-0.39, 0.29) is 12.1 Å². The van der Waals surface area contributed by atoms with E-state index < -0.39 is 0 Å². The van der Waals surface area contributed by atoms with Gasteiger partial charge in [-0.15, -0.1) is 0 Å². The highest BCUT2D eigenvalue weighted by Gasteiger charge is 2.29. The summed E-state index contributed by atoms with van der Waals surface area (Å²) in [7, 11) is 0. The van der Waals surface area contributed by atoms with Gasteiger partial charge in [0.2, 0.25) is 5.95 Å². The second kappa shape index (κ2) is 6.71. The Balaban J connectivity index is 1.66. The third-order valence-corrected chi connectivity index (χ3v) is 5.19. The quantitative estimate of drug-likeness (QED) is 0.762. The summed E-state index contributed by atoms with van der Waals surface area (Å²) in [5.41, 5.74) is 5.33. The third kappa shape index (κ3) is 3.04. The molecule has 0 fully saturated rings. The molecule has 2 aromatic carbocycles. The maximum absolute atomic E-state index is 4.46. The van der Waals surface area contributed by atoms with Gasteiger partial charge in [0.05, 0.1) is 12.1 Å². The maximum Gasteiger partial charge on any atom is 0.222 e. The van der Waals surface area contributed by atoms with E-state index in [1.165, 1.54) is 22.3 Å². The van der Waals surface area contributed by atoms with Crippen molar-refractivity contribution in [3.8, 4) is 0 Å². The summed E-state index contributed by atoms with van der Waals surface area (Å²) in [5, 5.41) is 8.00. The van der Waals surface area contributed by atoms with Crippen LogP contribution in [0.4, 0.5) is 5.95 Å². The second-order valence-electron chi connectivity index (χ2n) is 6.67. The van der Waals surface area contributed by atoms with Crippen molar-refractivity contribution in [1.82, 2.24) is 14.8 Å². The number of aromatic nitrogens is 3. The van der Waals surface area contributed by atoms with Crippen molar-refractivity contribution in [3.63, 3.8) is 0 Å². The van der Waals surface area contributed by atoms with Crippen LogP contribution in [-0.2, 0) is 12.8 Å². The number of hydrogen-bond acceptors (Lipinski definition) is 3. The molecule has 0 spiro atoms. The molecule has 128 valence electrons. The lowest BCUT2D eigenvalue weighted by molar-refractivity contribution is 0.431. The van der Waals surface area contributed by atoms with Crippen LogP contribution in [0.5, 0.6) is 0 Å². The Morgan fingerprint density at radius 1 is 0.920 bits per heavy atom. The van der Waals surface area contributed by atoms with Gasteiger partial charge in [-0.2, -0.15) is 10.1 Å². The topological polar surface area (TPSA) is 42.7 Å². The summed E-state index contributed by atoms with van der Waals surface area (Å²) < 4.78 is 2.01. The first kappa shape index (κ1) is 15.9. The summed E-state index contributed by atoms with van der Waals surface area (Å²) in [4.78, 5) is 4.42. The van der Waals surface area contributed by atoms with Crippen molar-refractivity contribution in [3.05, 3.63) is 77.1 Å². The molecule has 25 heavy (non-hydrogen) atoms. The van der Waals surface area contributed by atoms with Crippen LogP contribution in [0.15, 0.2) is 54.9 Å². The van der Waals surface area contributed by atoms with E-state index >= 15 is 0 Å². The first-order chi connectivity index (χ1) is 12.3. The monoisotopic (exact) mass is 332 g/mol. The predicted octanol–water partition coefficient (Wildman–Crippen LogP) is 4.55. The third-order valence-electron chi connectivity index (χ3n) is 5.19. The highest BCUT2D eigenvalue weighted by Crippen LogP contribution is 2.37. The van der Waals surface area contributed by atoms with Crippen LogP contribution in [0.1, 0.15) is 54.6 Å². The van der Waals surface area contributed by atoms with Crippen LogP contribution in [0, 0.1) is 0 Å². The van der Waals surface area contributed by atoms with E-state index in [0.29, 0.717) is 0 Å². The molecular formula is C21H24N4. The van der Waals surface area contributed by atoms with E-state index in [1.807, 2.05) is 4.68 Å². The van der Waals surface area contributed by atoms with Gasteiger partial charge in [0, 0.05) is 0 Å². The van der Waals surface area contributed by atoms with Crippen molar-refractivity contribution in [2.75, 3.05) is 5.32 Å². The van der Waals surface area contributed by atoms with Crippen molar-refractivity contribution >= 4 is 5.95 Å². The molecule has 2 heterocycles. The minimum Gasteiger partial charge on any atom is -0.348 e. The fraction of sp³-hybridized carbons (Fsp3) is 0.333. The fourth-order valence-corrected chi connectivity index (χ4v) is 3.58. The van der Waals surface area contributed by atoms with Crippen molar-refractivity contribution in [2.24, 2.45) is 0 Å². The van der Waals surface area contributed by atoms with Gasteiger partial charge >= 0.3 is 0 Å². The van der Waals surface area contributed by atoms with E-state index in [9.17, 15) is 0 Å². The van der Waals surface area contributed by atoms with Crippen LogP contribution in [0.25, 0.3) is 0 Å². The molecule has 1 N–H and O–H groups in total. The van der Waals surface area contributed by atoms with Gasteiger partial charge in [-0.1, -0.05) is 62.4 Å². The lowest BCUT2D eigenvalue weighted by Gasteiger charge is -2.32. The zero-order chi connectivity index (χ0) is 17.2. The highest BCUT2D eigenvalue weighted by atomic mass is 15.4. The van der Waals surface area contributed by atoms with Gasteiger partial charge in [0.15, 0.2) is 0 Å². The van der Waals surface area contributed by atoms with Crippen molar-refractivity contribution < 1.29 is 0 Å². The lowest BCUT2D eigenvalue weighted by Crippen LogP contribution is -2.28. The number of aryl methyl sites for hydroxylation is 2. The van der Waals surface area contributed by atoms with Crippen LogP contribution >= 0.6 is 0 Å². The normalized spacial score (nSPS) is 19.3. The summed E-state index contributed by atoms with van der Waals surface area (Å²) in [6.45, 7) is 4.37. The molecule has 4 nitrogen and oxygen atoms in total. The number of benzene rings is 2. The highest BCUT2D eigenvalue weighted by molar-refractivity contribution is 5.39. The standard InChI is InChI=1S/C21H24N4/c1-3-15-5-9-17(10-6-15)19-13-20(25-21(24-19)22-14-23-25)18-11-7-16(4-2)8-12-18/h5-12,14,19-20H,3-4,13H2,1-2H3,(H,22,23,24). The number of anilines is 1. The van der Waals surface area contributed by atoms with Crippen molar-refractivity contribution in [2.45, 2.75) is 45.2 Å². The lowest BCUT2D eigenvalue weighted by atomic mass is 9.92. The Morgan fingerprint density at radius 2 is 1.52 bits per heavy atom. The minimum absolute atomic E-state index is 0.209. The smallest absolute Gasteiger partial charge is 0.222 e. The van der Waals surface area contributed by atoms with Crippen LogP contribution in [-0.4, -0.2) is 14.8 Å². The number of hydrogen-bond donors (Lipinski definition) is 1. The van der Waals surface area contributed by atoms with E-state index in [1.54, 1.807) is 6.33 Å². The molecular weight excluding hydrogens is 308 g/mol. The molecule has 0 aliphatic carbocycles. The Labute approximate surface area is 148 Å². The Morgan fingerprint density at radius 3 is 2.12 bits per heavy atom. The zero-order valence-electron chi connectivity index (χ0n) is 14.8. The average Bonchev–Trinajstić information content (AvgIpc) is 3.16. The van der Waals surface area contributed by atoms with Gasteiger partial charge in [0.1, 0.15) is 6.33 Å². The summed E-state index contributed by atoms with van der Waals surface area (Å²) in [6, 6.07) is 18.3. The average molecular weight is 332 g/mol. The van der Waals surface area contributed by atoms with E-state index in [2.05, 4.69) is 77.8 Å². The van der Waals surface area contributed by atoms with Gasteiger partial charge in [-0.25, -0.2) is 4.68 Å². The molecule has 0 saturated heterocycles. The summed E-state index contributed by atoms with van der Waals surface area (Å²) in [5.74, 6) is 0.848. The first-order valence-electron chi connectivity index (χ1n) is 9.12. The number of nitrogens with zero attached hydrogens (tertiary/aromatic N) is 3. The summed E-state index contributed by atoms with van der Waals surface area (Å²) in [6.07, 6.45) is 4.73. The van der Waals surface area contributed by atoms with Crippen LogP contribution in [0.2, 0.25) is 0 Å². The number of nitrogens with one attached hydrogen (secondary N) is 1. The molecule has 1 aliphatic rings. The predicted molar refractivity (Wildman–Crippen MR) is 101 cm³/mol. The zero-order valence-corrected chi connectivity index (χ0v) is 14.8. The molecule has 0 radical (unpaired) electrons. The molecule has 1 aromatic heterocycles. The summed E-state index contributed by atoms with van der Waals surface area (Å²) >= 11 is 0. The number of fused-ring (bicyclic) bond motifs is 1. The molecule has 2 atom stereocenters. The first-order valence-corrected chi connectivity index (χ1v) is 9.12. The maximum atomic E-state index is 4.46. The van der Waals surface area contributed by atoms with Gasteiger partial charge < -0.3 is 5.32 Å². The molecule has 0 amide bonds. The Bertz CT molecular complexity index is 833. The molecule has 3 aromatic rings. The SMILES string of the molecule is CCc1ccc(C2CC(c3ccc(CC)cc3)n3ncnc3N2)cc1. The molecule has 1 aliphatic heterocycles. The molecule has 4 rings (SSSR count).